The summed E-state index contributed by atoms with van der Waals surface area (Å²) in [6, 6.07) is 16.8. The lowest BCUT2D eigenvalue weighted by Crippen LogP contribution is -2.35. The number of nitrogens with one attached hydrogen (secondary N) is 2. The maximum atomic E-state index is 5.33. The lowest BCUT2D eigenvalue weighted by atomic mass is 10.0. The Balaban J connectivity index is 1.69. The SMILES string of the molecule is COc1ccc(CNC(=S)NCCc2ccc(C(C)C)cc2)cc1. The maximum absolute atomic E-state index is 5.33. The Bertz CT molecular complexity index is 636. The molecular formula is C20H26N2OS. The molecule has 3 nitrogen and oxygen atoms in total. The van der Waals surface area contributed by atoms with Gasteiger partial charge >= 0.3 is 0 Å². The molecule has 0 aromatic heterocycles. The molecule has 24 heavy (non-hydrogen) atoms. The van der Waals surface area contributed by atoms with Crippen molar-refractivity contribution in [2.45, 2.75) is 32.7 Å². The van der Waals surface area contributed by atoms with Crippen molar-refractivity contribution in [1.29, 1.82) is 0 Å². The molecule has 0 aliphatic rings. The van der Waals surface area contributed by atoms with Gasteiger partial charge in [0.1, 0.15) is 5.75 Å². The second-order valence-electron chi connectivity index (χ2n) is 6.10. The Morgan fingerprint density at radius 1 is 0.958 bits per heavy atom. The highest BCUT2D eigenvalue weighted by atomic mass is 32.1. The number of ether oxygens (including phenoxy) is 1. The standard InChI is InChI=1S/C20H26N2OS/c1-15(2)18-8-4-16(5-9-18)12-13-21-20(24)22-14-17-6-10-19(23-3)11-7-17/h4-11,15H,12-14H2,1-3H3,(H2,21,22,24). The summed E-state index contributed by atoms with van der Waals surface area (Å²) in [5.74, 6) is 1.44. The van der Waals surface area contributed by atoms with Gasteiger partial charge in [-0.05, 0) is 53.4 Å². The fraction of sp³-hybridized carbons (Fsp3) is 0.350. The second-order valence-corrected chi connectivity index (χ2v) is 6.51. The van der Waals surface area contributed by atoms with Gasteiger partial charge in [0.2, 0.25) is 0 Å². The zero-order chi connectivity index (χ0) is 17.4. The van der Waals surface area contributed by atoms with Gasteiger partial charge in [-0.3, -0.25) is 0 Å². The number of methoxy groups -OCH3 is 1. The molecule has 2 N–H and O–H groups in total. The summed E-state index contributed by atoms with van der Waals surface area (Å²) in [5, 5.41) is 7.17. The first-order valence-electron chi connectivity index (χ1n) is 8.32. The molecule has 2 aromatic carbocycles. The van der Waals surface area contributed by atoms with Gasteiger partial charge in [-0.25, -0.2) is 0 Å². The van der Waals surface area contributed by atoms with E-state index in [1.807, 2.05) is 24.3 Å². The van der Waals surface area contributed by atoms with Crippen molar-refractivity contribution >= 4 is 17.3 Å². The van der Waals surface area contributed by atoms with Crippen LogP contribution in [0.5, 0.6) is 5.75 Å². The molecule has 0 amide bonds. The Labute approximate surface area is 150 Å². The molecule has 0 unspecified atom stereocenters. The van der Waals surface area contributed by atoms with Crippen molar-refractivity contribution < 1.29 is 4.74 Å². The van der Waals surface area contributed by atoms with E-state index < -0.39 is 0 Å². The van der Waals surface area contributed by atoms with Crippen LogP contribution >= 0.6 is 12.2 Å². The summed E-state index contributed by atoms with van der Waals surface area (Å²) in [5.41, 5.74) is 3.87. The highest BCUT2D eigenvalue weighted by Crippen LogP contribution is 2.14. The molecule has 0 saturated carbocycles. The summed E-state index contributed by atoms with van der Waals surface area (Å²) in [4.78, 5) is 0. The van der Waals surface area contributed by atoms with Crippen molar-refractivity contribution in [3.05, 3.63) is 65.2 Å². The molecule has 0 atom stereocenters. The molecular weight excluding hydrogens is 316 g/mol. The quantitative estimate of drug-likeness (QED) is 0.745. The van der Waals surface area contributed by atoms with Crippen LogP contribution < -0.4 is 15.4 Å². The summed E-state index contributed by atoms with van der Waals surface area (Å²) in [6.07, 6.45) is 0.961. The zero-order valence-electron chi connectivity index (χ0n) is 14.6. The Morgan fingerprint density at radius 2 is 1.58 bits per heavy atom. The Kier molecular flexibility index (Phi) is 7.07. The monoisotopic (exact) mass is 342 g/mol. The smallest absolute Gasteiger partial charge is 0.166 e. The first-order valence-corrected chi connectivity index (χ1v) is 8.73. The van der Waals surface area contributed by atoms with Crippen LogP contribution in [-0.4, -0.2) is 18.8 Å². The van der Waals surface area contributed by atoms with Gasteiger partial charge < -0.3 is 15.4 Å². The van der Waals surface area contributed by atoms with E-state index in [0.29, 0.717) is 17.6 Å². The maximum Gasteiger partial charge on any atom is 0.166 e. The third-order valence-electron chi connectivity index (χ3n) is 3.96. The Morgan fingerprint density at radius 3 is 2.17 bits per heavy atom. The van der Waals surface area contributed by atoms with Crippen LogP contribution in [0.2, 0.25) is 0 Å². The van der Waals surface area contributed by atoms with E-state index >= 15 is 0 Å². The van der Waals surface area contributed by atoms with Crippen LogP contribution in [-0.2, 0) is 13.0 Å². The van der Waals surface area contributed by atoms with Gasteiger partial charge in [0.05, 0.1) is 7.11 Å². The zero-order valence-corrected chi connectivity index (χ0v) is 15.5. The van der Waals surface area contributed by atoms with E-state index in [-0.39, 0.29) is 0 Å². The molecule has 2 rings (SSSR count). The minimum Gasteiger partial charge on any atom is -0.497 e. The van der Waals surface area contributed by atoms with Crippen molar-refractivity contribution in [3.8, 4) is 5.75 Å². The molecule has 0 spiro atoms. The molecule has 0 saturated heterocycles. The average Bonchev–Trinajstić information content (AvgIpc) is 2.61. The van der Waals surface area contributed by atoms with Gasteiger partial charge in [0.15, 0.2) is 5.11 Å². The van der Waals surface area contributed by atoms with Crippen molar-refractivity contribution in [1.82, 2.24) is 10.6 Å². The van der Waals surface area contributed by atoms with Crippen LogP contribution in [0.1, 0.15) is 36.5 Å². The van der Waals surface area contributed by atoms with E-state index in [1.165, 1.54) is 16.7 Å². The number of thiocarbonyl (C=S) groups is 1. The first-order chi connectivity index (χ1) is 11.6. The summed E-state index contributed by atoms with van der Waals surface area (Å²) < 4.78 is 5.15. The molecule has 0 fully saturated rings. The molecule has 0 radical (unpaired) electrons. The number of rotatable bonds is 7. The van der Waals surface area contributed by atoms with E-state index in [1.54, 1.807) is 7.11 Å². The summed E-state index contributed by atoms with van der Waals surface area (Å²) >= 11 is 5.33. The van der Waals surface area contributed by atoms with E-state index in [9.17, 15) is 0 Å². The van der Waals surface area contributed by atoms with Crippen molar-refractivity contribution in [2.24, 2.45) is 0 Å². The van der Waals surface area contributed by atoms with Gasteiger partial charge in [0.25, 0.3) is 0 Å². The van der Waals surface area contributed by atoms with Gasteiger partial charge in [-0.15, -0.1) is 0 Å². The van der Waals surface area contributed by atoms with Gasteiger partial charge in [-0.2, -0.15) is 0 Å². The van der Waals surface area contributed by atoms with Crippen LogP contribution in [0.15, 0.2) is 48.5 Å². The van der Waals surface area contributed by atoms with Crippen LogP contribution in [0.4, 0.5) is 0 Å². The third kappa shape index (κ3) is 5.85. The van der Waals surface area contributed by atoms with Crippen LogP contribution in [0.25, 0.3) is 0 Å². The molecule has 0 aliphatic carbocycles. The molecule has 0 heterocycles. The van der Waals surface area contributed by atoms with E-state index in [0.717, 1.165) is 18.7 Å². The third-order valence-corrected chi connectivity index (χ3v) is 4.25. The molecule has 0 aliphatic heterocycles. The molecule has 4 heteroatoms. The van der Waals surface area contributed by atoms with Crippen LogP contribution in [0.3, 0.4) is 0 Å². The largest absolute Gasteiger partial charge is 0.497 e. The Hall–Kier alpha value is -2.07. The predicted molar refractivity (Wildman–Crippen MR) is 105 cm³/mol. The van der Waals surface area contributed by atoms with Gasteiger partial charge in [-0.1, -0.05) is 50.2 Å². The second kappa shape index (κ2) is 9.28. The number of hydrogen-bond donors (Lipinski definition) is 2. The van der Waals surface area contributed by atoms with Crippen LogP contribution in [0, 0.1) is 0 Å². The topological polar surface area (TPSA) is 33.3 Å². The lowest BCUT2D eigenvalue weighted by Gasteiger charge is -2.11. The highest BCUT2D eigenvalue weighted by Gasteiger charge is 2.00. The normalized spacial score (nSPS) is 10.5. The van der Waals surface area contributed by atoms with E-state index in [4.69, 9.17) is 17.0 Å². The van der Waals surface area contributed by atoms with E-state index in [2.05, 4.69) is 48.7 Å². The average molecular weight is 343 g/mol. The predicted octanol–water partition coefficient (Wildman–Crippen LogP) is 4.03. The molecule has 0 bridgehead atoms. The fourth-order valence-corrected chi connectivity index (χ4v) is 2.55. The number of hydrogen-bond acceptors (Lipinski definition) is 2. The lowest BCUT2D eigenvalue weighted by molar-refractivity contribution is 0.414. The van der Waals surface area contributed by atoms with Crippen molar-refractivity contribution in [3.63, 3.8) is 0 Å². The summed E-state index contributed by atoms with van der Waals surface area (Å²) in [6.45, 7) is 5.96. The van der Waals surface area contributed by atoms with Gasteiger partial charge in [0, 0.05) is 13.1 Å². The summed E-state index contributed by atoms with van der Waals surface area (Å²) in [7, 11) is 1.67. The number of benzene rings is 2. The first kappa shape index (κ1) is 18.3. The fourth-order valence-electron chi connectivity index (χ4n) is 2.38. The van der Waals surface area contributed by atoms with Crippen molar-refractivity contribution in [2.75, 3.05) is 13.7 Å². The molecule has 128 valence electrons. The minimum absolute atomic E-state index is 0.576. The molecule has 2 aromatic rings. The minimum atomic E-state index is 0.576. The highest BCUT2D eigenvalue weighted by molar-refractivity contribution is 7.80.